The van der Waals surface area contributed by atoms with Crippen LogP contribution in [0.3, 0.4) is 0 Å². The number of rotatable bonds is 6. The molecule has 1 aliphatic heterocycles. The Labute approximate surface area is 138 Å². The molecule has 6 heteroatoms. The zero-order valence-corrected chi connectivity index (χ0v) is 14.3. The minimum atomic E-state index is -0.0304. The lowest BCUT2D eigenvalue weighted by atomic mass is 10.2. The molecule has 1 aromatic rings. The van der Waals surface area contributed by atoms with E-state index in [1.54, 1.807) is 12.1 Å². The van der Waals surface area contributed by atoms with Gasteiger partial charge in [0.2, 0.25) is 0 Å². The average Bonchev–Trinajstić information content (AvgIpc) is 3.12. The van der Waals surface area contributed by atoms with Crippen LogP contribution in [0.5, 0.6) is 0 Å². The maximum absolute atomic E-state index is 12.2. The van der Waals surface area contributed by atoms with E-state index in [0.29, 0.717) is 18.8 Å². The van der Waals surface area contributed by atoms with Crippen molar-refractivity contribution < 1.29 is 9.21 Å². The van der Waals surface area contributed by atoms with E-state index in [2.05, 4.69) is 22.1 Å². The van der Waals surface area contributed by atoms with Crippen LogP contribution in [0.1, 0.15) is 43.2 Å². The molecule has 0 atom stereocenters. The SMILES string of the molecule is CCCCCCNC(=NC)N1CCN(C(=O)c2ccco2)CC1. The fourth-order valence-electron chi connectivity index (χ4n) is 2.76. The van der Waals surface area contributed by atoms with Crippen LogP contribution < -0.4 is 5.32 Å². The molecule has 128 valence electrons. The summed E-state index contributed by atoms with van der Waals surface area (Å²) in [5.74, 6) is 1.32. The lowest BCUT2D eigenvalue weighted by Gasteiger charge is -2.36. The second kappa shape index (κ2) is 9.22. The quantitative estimate of drug-likeness (QED) is 0.496. The molecule has 1 N–H and O–H groups in total. The summed E-state index contributed by atoms with van der Waals surface area (Å²) in [5.41, 5.74) is 0. The number of furan rings is 1. The van der Waals surface area contributed by atoms with Crippen LogP contribution in [-0.2, 0) is 0 Å². The number of unbranched alkanes of at least 4 members (excludes halogenated alkanes) is 3. The highest BCUT2D eigenvalue weighted by atomic mass is 16.3. The Morgan fingerprint density at radius 1 is 1.22 bits per heavy atom. The van der Waals surface area contributed by atoms with Gasteiger partial charge in [0.05, 0.1) is 6.26 Å². The summed E-state index contributed by atoms with van der Waals surface area (Å²) in [6, 6.07) is 3.46. The van der Waals surface area contributed by atoms with E-state index < -0.39 is 0 Å². The number of nitrogens with zero attached hydrogens (tertiary/aromatic N) is 3. The first-order valence-electron chi connectivity index (χ1n) is 8.54. The van der Waals surface area contributed by atoms with E-state index in [0.717, 1.165) is 25.6 Å². The topological polar surface area (TPSA) is 61.1 Å². The molecular formula is C17H28N4O2. The fourth-order valence-corrected chi connectivity index (χ4v) is 2.76. The van der Waals surface area contributed by atoms with Crippen molar-refractivity contribution in [2.75, 3.05) is 39.8 Å². The van der Waals surface area contributed by atoms with Crippen molar-refractivity contribution in [2.24, 2.45) is 4.99 Å². The van der Waals surface area contributed by atoms with E-state index in [-0.39, 0.29) is 5.91 Å². The maximum Gasteiger partial charge on any atom is 0.289 e. The molecule has 23 heavy (non-hydrogen) atoms. The van der Waals surface area contributed by atoms with Crippen molar-refractivity contribution >= 4 is 11.9 Å². The van der Waals surface area contributed by atoms with Gasteiger partial charge in [-0.05, 0) is 18.6 Å². The van der Waals surface area contributed by atoms with Gasteiger partial charge in [-0.15, -0.1) is 0 Å². The van der Waals surface area contributed by atoms with Crippen LogP contribution in [0.25, 0.3) is 0 Å². The van der Waals surface area contributed by atoms with E-state index in [1.165, 1.54) is 31.9 Å². The number of hydrogen-bond donors (Lipinski definition) is 1. The third-order valence-electron chi connectivity index (χ3n) is 4.12. The van der Waals surface area contributed by atoms with Crippen molar-refractivity contribution in [2.45, 2.75) is 32.6 Å². The molecule has 1 aliphatic rings. The number of hydrogen-bond acceptors (Lipinski definition) is 3. The zero-order chi connectivity index (χ0) is 16.5. The maximum atomic E-state index is 12.2. The van der Waals surface area contributed by atoms with E-state index in [4.69, 9.17) is 4.42 Å². The molecule has 1 amide bonds. The normalized spacial score (nSPS) is 15.8. The molecule has 0 radical (unpaired) electrons. The van der Waals surface area contributed by atoms with Gasteiger partial charge in [-0.2, -0.15) is 0 Å². The molecule has 6 nitrogen and oxygen atoms in total. The molecule has 1 aromatic heterocycles. The van der Waals surface area contributed by atoms with Gasteiger partial charge in [0.25, 0.3) is 5.91 Å². The minimum absolute atomic E-state index is 0.0304. The standard InChI is InChI=1S/C17H28N4O2/c1-3-4-5-6-9-19-17(18-2)21-12-10-20(11-13-21)16(22)15-8-7-14-23-15/h7-8,14H,3-6,9-13H2,1-2H3,(H,18,19). The number of guanidine groups is 1. The number of aliphatic imine (C=N–C) groups is 1. The minimum Gasteiger partial charge on any atom is -0.459 e. The Morgan fingerprint density at radius 2 is 1.96 bits per heavy atom. The van der Waals surface area contributed by atoms with Crippen LogP contribution in [0.15, 0.2) is 27.8 Å². The monoisotopic (exact) mass is 320 g/mol. The molecule has 0 spiro atoms. The third kappa shape index (κ3) is 5.01. The second-order valence-corrected chi connectivity index (χ2v) is 5.79. The number of piperazine rings is 1. The van der Waals surface area contributed by atoms with Gasteiger partial charge in [0, 0.05) is 39.8 Å². The highest BCUT2D eigenvalue weighted by Crippen LogP contribution is 2.09. The van der Waals surface area contributed by atoms with E-state index in [1.807, 2.05) is 11.9 Å². The van der Waals surface area contributed by atoms with Crippen molar-refractivity contribution in [1.29, 1.82) is 0 Å². The van der Waals surface area contributed by atoms with Crippen LogP contribution in [0, 0.1) is 0 Å². The number of amides is 1. The second-order valence-electron chi connectivity index (χ2n) is 5.79. The Hall–Kier alpha value is -1.98. The van der Waals surface area contributed by atoms with E-state index in [9.17, 15) is 4.79 Å². The molecular weight excluding hydrogens is 292 g/mol. The predicted molar refractivity (Wildman–Crippen MR) is 91.7 cm³/mol. The van der Waals surface area contributed by atoms with Gasteiger partial charge < -0.3 is 19.5 Å². The molecule has 2 rings (SSSR count). The molecule has 2 heterocycles. The van der Waals surface area contributed by atoms with Crippen molar-refractivity contribution in [3.8, 4) is 0 Å². The van der Waals surface area contributed by atoms with E-state index >= 15 is 0 Å². The van der Waals surface area contributed by atoms with Gasteiger partial charge in [-0.25, -0.2) is 0 Å². The van der Waals surface area contributed by atoms with Crippen LogP contribution in [0.4, 0.5) is 0 Å². The smallest absolute Gasteiger partial charge is 0.289 e. The molecule has 1 saturated heterocycles. The summed E-state index contributed by atoms with van der Waals surface area (Å²) in [6.07, 6.45) is 6.50. The molecule has 0 aliphatic carbocycles. The van der Waals surface area contributed by atoms with Crippen molar-refractivity contribution in [3.05, 3.63) is 24.2 Å². The third-order valence-corrected chi connectivity index (χ3v) is 4.12. The first-order valence-corrected chi connectivity index (χ1v) is 8.54. The first-order chi connectivity index (χ1) is 11.3. The first kappa shape index (κ1) is 17.4. The summed E-state index contributed by atoms with van der Waals surface area (Å²) in [6.45, 7) is 6.14. The molecule has 0 unspecified atom stereocenters. The Bertz CT molecular complexity index is 491. The van der Waals surface area contributed by atoms with Crippen LogP contribution >= 0.6 is 0 Å². The summed E-state index contributed by atoms with van der Waals surface area (Å²) in [4.78, 5) is 20.7. The Balaban J connectivity index is 1.75. The molecule has 0 bridgehead atoms. The molecule has 0 aromatic carbocycles. The fraction of sp³-hybridized carbons (Fsp3) is 0.647. The number of carbonyl (C=O) groups excluding carboxylic acids is 1. The summed E-state index contributed by atoms with van der Waals surface area (Å²) in [5, 5.41) is 3.42. The number of carbonyl (C=O) groups is 1. The zero-order valence-electron chi connectivity index (χ0n) is 14.3. The highest BCUT2D eigenvalue weighted by molar-refractivity contribution is 5.91. The van der Waals surface area contributed by atoms with Crippen molar-refractivity contribution in [3.63, 3.8) is 0 Å². The van der Waals surface area contributed by atoms with Gasteiger partial charge in [0.1, 0.15) is 0 Å². The highest BCUT2D eigenvalue weighted by Gasteiger charge is 2.24. The largest absolute Gasteiger partial charge is 0.459 e. The van der Waals surface area contributed by atoms with Gasteiger partial charge in [-0.3, -0.25) is 9.79 Å². The summed E-state index contributed by atoms with van der Waals surface area (Å²) < 4.78 is 5.19. The van der Waals surface area contributed by atoms with Gasteiger partial charge in [0.15, 0.2) is 11.7 Å². The Kier molecular flexibility index (Phi) is 6.97. The molecule has 0 saturated carbocycles. The number of nitrogens with one attached hydrogen (secondary N) is 1. The molecule has 1 fully saturated rings. The van der Waals surface area contributed by atoms with Gasteiger partial charge >= 0.3 is 0 Å². The summed E-state index contributed by atoms with van der Waals surface area (Å²) >= 11 is 0. The van der Waals surface area contributed by atoms with Crippen molar-refractivity contribution in [1.82, 2.24) is 15.1 Å². The lowest BCUT2D eigenvalue weighted by molar-refractivity contribution is 0.0658. The predicted octanol–water partition coefficient (Wildman–Crippen LogP) is 2.19. The average molecular weight is 320 g/mol. The lowest BCUT2D eigenvalue weighted by Crippen LogP contribution is -2.53. The van der Waals surface area contributed by atoms with Gasteiger partial charge in [-0.1, -0.05) is 26.2 Å². The van der Waals surface area contributed by atoms with Crippen LogP contribution in [0.2, 0.25) is 0 Å². The Morgan fingerprint density at radius 3 is 2.57 bits per heavy atom. The summed E-state index contributed by atoms with van der Waals surface area (Å²) in [7, 11) is 1.81. The van der Waals surface area contributed by atoms with Crippen LogP contribution in [-0.4, -0.2) is 61.4 Å².